The molecule has 4 heteroatoms. The molecular weight excluding hydrogens is 206 g/mol. The molecule has 0 spiro atoms. The highest BCUT2D eigenvalue weighted by molar-refractivity contribution is 6.02. The van der Waals surface area contributed by atoms with Gasteiger partial charge in [0.1, 0.15) is 5.75 Å². The molecule has 82 valence electrons. The fraction of sp³-hybridized carbons (Fsp3) is 0.167. The number of methoxy groups -OCH3 is 2. The Morgan fingerprint density at radius 3 is 2.75 bits per heavy atom. The number of benzene rings is 1. The molecular formula is C12H11NO3. The van der Waals surface area contributed by atoms with Gasteiger partial charge in [-0.1, -0.05) is 0 Å². The van der Waals surface area contributed by atoms with Crippen LogP contribution in [0.25, 0.3) is 10.8 Å². The fourth-order valence-electron chi connectivity index (χ4n) is 1.54. The van der Waals surface area contributed by atoms with Gasteiger partial charge in [-0.25, -0.2) is 9.78 Å². The van der Waals surface area contributed by atoms with Crippen LogP contribution in [0.15, 0.2) is 30.5 Å². The Morgan fingerprint density at radius 2 is 2.06 bits per heavy atom. The van der Waals surface area contributed by atoms with E-state index in [0.29, 0.717) is 5.69 Å². The zero-order valence-electron chi connectivity index (χ0n) is 9.06. The second-order valence-electron chi connectivity index (χ2n) is 3.24. The SMILES string of the molecule is COC(=O)c1nccc2cc(OC)ccc12. The van der Waals surface area contributed by atoms with Gasteiger partial charge in [-0.15, -0.1) is 0 Å². The molecule has 0 bridgehead atoms. The van der Waals surface area contributed by atoms with E-state index in [0.717, 1.165) is 16.5 Å². The fourth-order valence-corrected chi connectivity index (χ4v) is 1.54. The minimum atomic E-state index is -0.434. The lowest BCUT2D eigenvalue weighted by atomic mass is 10.1. The zero-order valence-corrected chi connectivity index (χ0v) is 9.06. The number of ether oxygens (including phenoxy) is 2. The smallest absolute Gasteiger partial charge is 0.357 e. The Balaban J connectivity index is 2.65. The van der Waals surface area contributed by atoms with Crippen LogP contribution in [-0.2, 0) is 4.74 Å². The summed E-state index contributed by atoms with van der Waals surface area (Å²) >= 11 is 0. The number of pyridine rings is 1. The van der Waals surface area contributed by atoms with Crippen LogP contribution in [0.1, 0.15) is 10.5 Å². The highest BCUT2D eigenvalue weighted by atomic mass is 16.5. The molecule has 0 fully saturated rings. The van der Waals surface area contributed by atoms with Crippen molar-refractivity contribution in [3.63, 3.8) is 0 Å². The highest BCUT2D eigenvalue weighted by Gasteiger charge is 2.11. The molecule has 0 aliphatic carbocycles. The monoisotopic (exact) mass is 217 g/mol. The van der Waals surface area contributed by atoms with Crippen molar-refractivity contribution in [1.29, 1.82) is 0 Å². The van der Waals surface area contributed by atoms with Crippen LogP contribution in [0.5, 0.6) is 5.75 Å². The molecule has 0 unspecified atom stereocenters. The van der Waals surface area contributed by atoms with Crippen LogP contribution in [0.4, 0.5) is 0 Å². The maximum Gasteiger partial charge on any atom is 0.357 e. The van der Waals surface area contributed by atoms with Crippen molar-refractivity contribution in [3.8, 4) is 5.75 Å². The molecule has 0 amide bonds. The minimum Gasteiger partial charge on any atom is -0.497 e. The number of carbonyl (C=O) groups excluding carboxylic acids is 1. The highest BCUT2D eigenvalue weighted by Crippen LogP contribution is 2.22. The van der Waals surface area contributed by atoms with E-state index in [1.54, 1.807) is 25.4 Å². The number of nitrogens with zero attached hydrogens (tertiary/aromatic N) is 1. The maximum atomic E-state index is 11.5. The molecule has 4 nitrogen and oxygen atoms in total. The lowest BCUT2D eigenvalue weighted by molar-refractivity contribution is 0.0596. The van der Waals surface area contributed by atoms with Crippen LogP contribution in [0.3, 0.4) is 0 Å². The van der Waals surface area contributed by atoms with Crippen molar-refractivity contribution in [2.75, 3.05) is 14.2 Å². The van der Waals surface area contributed by atoms with E-state index in [1.165, 1.54) is 7.11 Å². The molecule has 1 aromatic carbocycles. The first-order valence-corrected chi connectivity index (χ1v) is 4.77. The van der Waals surface area contributed by atoms with E-state index in [9.17, 15) is 4.79 Å². The van der Waals surface area contributed by atoms with Gasteiger partial charge in [0.15, 0.2) is 5.69 Å². The van der Waals surface area contributed by atoms with E-state index in [4.69, 9.17) is 4.74 Å². The topological polar surface area (TPSA) is 48.4 Å². The van der Waals surface area contributed by atoms with Gasteiger partial charge in [-0.3, -0.25) is 0 Å². The van der Waals surface area contributed by atoms with Crippen LogP contribution >= 0.6 is 0 Å². The van der Waals surface area contributed by atoms with Crippen LogP contribution in [0.2, 0.25) is 0 Å². The van der Waals surface area contributed by atoms with Crippen molar-refractivity contribution >= 4 is 16.7 Å². The second-order valence-corrected chi connectivity index (χ2v) is 3.24. The van der Waals surface area contributed by atoms with Gasteiger partial charge in [-0.05, 0) is 29.7 Å². The Bertz CT molecular complexity index is 537. The first kappa shape index (κ1) is 10.4. The van der Waals surface area contributed by atoms with E-state index in [-0.39, 0.29) is 0 Å². The minimum absolute atomic E-state index is 0.322. The van der Waals surface area contributed by atoms with E-state index >= 15 is 0 Å². The van der Waals surface area contributed by atoms with Gasteiger partial charge in [0, 0.05) is 11.6 Å². The Morgan fingerprint density at radius 1 is 1.25 bits per heavy atom. The summed E-state index contributed by atoms with van der Waals surface area (Å²) in [6.07, 6.45) is 1.58. The number of rotatable bonds is 2. The molecule has 1 heterocycles. The van der Waals surface area contributed by atoms with Crippen molar-refractivity contribution < 1.29 is 14.3 Å². The lowest BCUT2D eigenvalue weighted by Gasteiger charge is -2.05. The summed E-state index contributed by atoms with van der Waals surface area (Å²) in [4.78, 5) is 15.5. The number of esters is 1. The predicted molar refractivity (Wildman–Crippen MR) is 59.6 cm³/mol. The van der Waals surface area contributed by atoms with Gasteiger partial charge in [0.05, 0.1) is 14.2 Å². The zero-order chi connectivity index (χ0) is 11.5. The molecule has 0 saturated heterocycles. The number of carbonyl (C=O) groups is 1. The summed E-state index contributed by atoms with van der Waals surface area (Å²) in [5.41, 5.74) is 0.322. The van der Waals surface area contributed by atoms with Crippen molar-refractivity contribution in [2.24, 2.45) is 0 Å². The Labute approximate surface area is 92.8 Å². The average Bonchev–Trinajstić information content (AvgIpc) is 2.36. The maximum absolute atomic E-state index is 11.5. The predicted octanol–water partition coefficient (Wildman–Crippen LogP) is 2.03. The van der Waals surface area contributed by atoms with Gasteiger partial charge >= 0.3 is 5.97 Å². The third-order valence-corrected chi connectivity index (χ3v) is 2.35. The normalized spacial score (nSPS) is 10.1. The number of aromatic nitrogens is 1. The molecule has 1 aromatic heterocycles. The largest absolute Gasteiger partial charge is 0.497 e. The van der Waals surface area contributed by atoms with Crippen LogP contribution in [0, 0.1) is 0 Å². The Hall–Kier alpha value is -2.10. The first-order valence-electron chi connectivity index (χ1n) is 4.77. The molecule has 2 aromatic rings. The lowest BCUT2D eigenvalue weighted by Crippen LogP contribution is -2.04. The molecule has 0 aliphatic heterocycles. The summed E-state index contributed by atoms with van der Waals surface area (Å²) < 4.78 is 9.78. The molecule has 16 heavy (non-hydrogen) atoms. The molecule has 0 saturated carbocycles. The molecule has 2 rings (SSSR count). The molecule has 0 atom stereocenters. The average molecular weight is 217 g/mol. The Kier molecular flexibility index (Phi) is 2.72. The molecule has 0 N–H and O–H groups in total. The quantitative estimate of drug-likeness (QED) is 0.722. The molecule has 0 radical (unpaired) electrons. The van der Waals surface area contributed by atoms with Crippen molar-refractivity contribution in [3.05, 3.63) is 36.2 Å². The van der Waals surface area contributed by atoms with E-state index < -0.39 is 5.97 Å². The standard InChI is InChI=1S/C12H11NO3/c1-15-9-3-4-10-8(7-9)5-6-13-11(10)12(14)16-2/h3-7H,1-2H3. The number of fused-ring (bicyclic) bond motifs is 1. The van der Waals surface area contributed by atoms with Crippen molar-refractivity contribution in [1.82, 2.24) is 4.98 Å². The van der Waals surface area contributed by atoms with Gasteiger partial charge in [0.25, 0.3) is 0 Å². The summed E-state index contributed by atoms with van der Waals surface area (Å²) in [6.45, 7) is 0. The molecule has 0 aliphatic rings. The third kappa shape index (κ3) is 1.69. The second kappa shape index (κ2) is 4.18. The van der Waals surface area contributed by atoms with Gasteiger partial charge in [-0.2, -0.15) is 0 Å². The summed E-state index contributed by atoms with van der Waals surface area (Å²) in [5, 5.41) is 1.66. The summed E-state index contributed by atoms with van der Waals surface area (Å²) in [6, 6.07) is 7.26. The van der Waals surface area contributed by atoms with Gasteiger partial charge < -0.3 is 9.47 Å². The van der Waals surface area contributed by atoms with Crippen LogP contribution in [-0.4, -0.2) is 25.2 Å². The van der Waals surface area contributed by atoms with Crippen LogP contribution < -0.4 is 4.74 Å². The van der Waals surface area contributed by atoms with E-state index in [1.807, 2.05) is 12.1 Å². The summed E-state index contributed by atoms with van der Waals surface area (Å²) in [5.74, 6) is 0.310. The summed E-state index contributed by atoms with van der Waals surface area (Å²) in [7, 11) is 2.94. The van der Waals surface area contributed by atoms with Gasteiger partial charge in [0.2, 0.25) is 0 Å². The number of hydrogen-bond acceptors (Lipinski definition) is 4. The van der Waals surface area contributed by atoms with Crippen molar-refractivity contribution in [2.45, 2.75) is 0 Å². The van der Waals surface area contributed by atoms with E-state index in [2.05, 4.69) is 9.72 Å². The first-order chi connectivity index (χ1) is 7.76. The number of hydrogen-bond donors (Lipinski definition) is 0. The third-order valence-electron chi connectivity index (χ3n) is 2.35.